The standard InChI is InChI=1S/C7H16O7P2/c1-6(8)4-2-3-5-7(15(9,10)11)16(12,13)14/h4,7-8H,2-3,5H2,1H3,(H2,9,10,11)(H2,12,13,14). The van der Waals surface area contributed by atoms with E-state index in [1.54, 1.807) is 0 Å². The van der Waals surface area contributed by atoms with Crippen molar-refractivity contribution in [1.82, 2.24) is 0 Å². The molecule has 9 heteroatoms. The predicted octanol–water partition coefficient (Wildman–Crippen LogP) is 1.30. The first-order valence-corrected chi connectivity index (χ1v) is 7.87. The van der Waals surface area contributed by atoms with Gasteiger partial charge < -0.3 is 24.7 Å². The third-order valence-corrected chi connectivity index (χ3v) is 5.76. The Labute approximate surface area is 93.1 Å². The molecule has 0 atom stereocenters. The van der Waals surface area contributed by atoms with E-state index in [1.165, 1.54) is 13.0 Å². The van der Waals surface area contributed by atoms with Crippen LogP contribution in [0.4, 0.5) is 0 Å². The first-order chi connectivity index (χ1) is 7.05. The van der Waals surface area contributed by atoms with Gasteiger partial charge in [-0.1, -0.05) is 0 Å². The summed E-state index contributed by atoms with van der Waals surface area (Å²) in [6, 6.07) is 0. The van der Waals surface area contributed by atoms with Gasteiger partial charge in [-0.05, 0) is 32.3 Å². The maximum Gasteiger partial charge on any atom is 0.340 e. The van der Waals surface area contributed by atoms with Crippen LogP contribution < -0.4 is 0 Å². The lowest BCUT2D eigenvalue weighted by Crippen LogP contribution is -2.09. The average Bonchev–Trinajstić information content (AvgIpc) is 1.97. The van der Waals surface area contributed by atoms with Crippen LogP contribution in [0.3, 0.4) is 0 Å². The Morgan fingerprint density at radius 2 is 1.62 bits per heavy atom. The molecule has 7 nitrogen and oxygen atoms in total. The SMILES string of the molecule is CC(O)=CCCCC(P(=O)(O)O)P(=O)(O)O. The van der Waals surface area contributed by atoms with Crippen molar-refractivity contribution >= 4 is 15.2 Å². The minimum Gasteiger partial charge on any atom is -0.513 e. The number of hydrogen-bond donors (Lipinski definition) is 5. The van der Waals surface area contributed by atoms with E-state index in [0.717, 1.165) is 0 Å². The Bertz CT molecular complexity index is 313. The second-order valence-electron chi connectivity index (χ2n) is 3.44. The molecule has 0 bridgehead atoms. The molecule has 0 saturated heterocycles. The van der Waals surface area contributed by atoms with Crippen LogP contribution in [0.15, 0.2) is 11.8 Å². The van der Waals surface area contributed by atoms with Crippen molar-refractivity contribution in [2.45, 2.75) is 31.6 Å². The van der Waals surface area contributed by atoms with Gasteiger partial charge in [0, 0.05) is 0 Å². The Morgan fingerprint density at radius 3 is 1.94 bits per heavy atom. The van der Waals surface area contributed by atoms with Gasteiger partial charge in [0.05, 0.1) is 5.76 Å². The fourth-order valence-corrected chi connectivity index (χ4v) is 3.75. The quantitative estimate of drug-likeness (QED) is 0.280. The molecule has 16 heavy (non-hydrogen) atoms. The molecule has 0 unspecified atom stereocenters. The van der Waals surface area contributed by atoms with E-state index in [2.05, 4.69) is 0 Å². The van der Waals surface area contributed by atoms with Gasteiger partial charge in [0.15, 0.2) is 5.40 Å². The maximum absolute atomic E-state index is 10.8. The Kier molecular flexibility index (Phi) is 5.90. The first kappa shape index (κ1) is 15.8. The summed E-state index contributed by atoms with van der Waals surface area (Å²) < 4.78 is 21.7. The van der Waals surface area contributed by atoms with Crippen molar-refractivity contribution < 1.29 is 33.8 Å². The van der Waals surface area contributed by atoms with Crippen LogP contribution in [0.25, 0.3) is 0 Å². The van der Waals surface area contributed by atoms with Crippen LogP contribution in [-0.2, 0) is 9.13 Å². The molecule has 0 aliphatic rings. The molecule has 0 aromatic heterocycles. The molecule has 0 aromatic carbocycles. The van der Waals surface area contributed by atoms with Gasteiger partial charge in [-0.3, -0.25) is 9.13 Å². The van der Waals surface area contributed by atoms with Crippen LogP contribution in [0.2, 0.25) is 0 Å². The van der Waals surface area contributed by atoms with Crippen LogP contribution in [0, 0.1) is 0 Å². The molecule has 0 aliphatic carbocycles. The molecule has 0 amide bonds. The number of hydrogen-bond acceptors (Lipinski definition) is 3. The second kappa shape index (κ2) is 5.96. The molecule has 0 aromatic rings. The minimum atomic E-state index is -4.81. The second-order valence-corrected chi connectivity index (χ2v) is 7.45. The van der Waals surface area contributed by atoms with E-state index in [1.807, 2.05) is 0 Å². The van der Waals surface area contributed by atoms with E-state index in [-0.39, 0.29) is 18.6 Å². The zero-order valence-electron chi connectivity index (χ0n) is 8.72. The molecule has 96 valence electrons. The highest BCUT2D eigenvalue weighted by Crippen LogP contribution is 2.61. The van der Waals surface area contributed by atoms with Gasteiger partial charge in [0.2, 0.25) is 0 Å². The minimum absolute atomic E-state index is 0.0592. The van der Waals surface area contributed by atoms with Crippen molar-refractivity contribution in [3.05, 3.63) is 11.8 Å². The fraction of sp³-hybridized carbons (Fsp3) is 0.714. The summed E-state index contributed by atoms with van der Waals surface area (Å²) in [7, 11) is -9.62. The lowest BCUT2D eigenvalue weighted by atomic mass is 10.2. The molecule has 0 aliphatic heterocycles. The van der Waals surface area contributed by atoms with Crippen LogP contribution in [0.1, 0.15) is 26.2 Å². The Balaban J connectivity index is 4.44. The lowest BCUT2D eigenvalue weighted by molar-refractivity contribution is 0.334. The third kappa shape index (κ3) is 6.43. The van der Waals surface area contributed by atoms with Gasteiger partial charge in [-0.15, -0.1) is 0 Å². The van der Waals surface area contributed by atoms with Crippen molar-refractivity contribution in [2.24, 2.45) is 0 Å². The zero-order valence-corrected chi connectivity index (χ0v) is 10.5. The predicted molar refractivity (Wildman–Crippen MR) is 58.1 cm³/mol. The van der Waals surface area contributed by atoms with Crippen molar-refractivity contribution in [3.63, 3.8) is 0 Å². The van der Waals surface area contributed by atoms with E-state index < -0.39 is 20.6 Å². The number of aliphatic hydroxyl groups is 1. The van der Waals surface area contributed by atoms with Gasteiger partial charge >= 0.3 is 15.2 Å². The van der Waals surface area contributed by atoms with E-state index >= 15 is 0 Å². The topological polar surface area (TPSA) is 135 Å². The Morgan fingerprint density at radius 1 is 1.19 bits per heavy atom. The van der Waals surface area contributed by atoms with E-state index in [4.69, 9.17) is 24.7 Å². The molecule has 5 N–H and O–H groups in total. The third-order valence-electron chi connectivity index (χ3n) is 1.88. The van der Waals surface area contributed by atoms with Gasteiger partial charge in [-0.25, -0.2) is 0 Å². The molecule has 0 radical (unpaired) electrons. The van der Waals surface area contributed by atoms with Gasteiger partial charge in [-0.2, -0.15) is 0 Å². The molecule has 0 heterocycles. The normalized spacial score (nSPS) is 14.5. The zero-order chi connectivity index (χ0) is 13.0. The smallest absolute Gasteiger partial charge is 0.340 e. The first-order valence-electron chi connectivity index (χ1n) is 4.51. The van der Waals surface area contributed by atoms with Gasteiger partial charge in [0.25, 0.3) is 0 Å². The monoisotopic (exact) mass is 274 g/mol. The largest absolute Gasteiger partial charge is 0.513 e. The fourth-order valence-electron chi connectivity index (χ4n) is 1.14. The van der Waals surface area contributed by atoms with Crippen molar-refractivity contribution in [2.75, 3.05) is 0 Å². The number of allylic oxidation sites excluding steroid dienone is 2. The van der Waals surface area contributed by atoms with E-state index in [0.29, 0.717) is 6.42 Å². The highest BCUT2D eigenvalue weighted by atomic mass is 31.2. The average molecular weight is 274 g/mol. The summed E-state index contributed by atoms with van der Waals surface area (Å²) in [5.41, 5.74) is 0. The molecule has 0 spiro atoms. The summed E-state index contributed by atoms with van der Waals surface area (Å²) in [6.45, 7) is 1.43. The highest BCUT2D eigenvalue weighted by molar-refractivity contribution is 7.70. The van der Waals surface area contributed by atoms with Crippen LogP contribution in [-0.4, -0.2) is 30.1 Å². The lowest BCUT2D eigenvalue weighted by Gasteiger charge is -2.18. The Hall–Kier alpha value is -0.160. The van der Waals surface area contributed by atoms with Crippen molar-refractivity contribution in [3.8, 4) is 0 Å². The number of unbranched alkanes of at least 4 members (excludes halogenated alkanes) is 1. The molecular formula is C7H16O7P2. The summed E-state index contributed by atoms with van der Waals surface area (Å²) in [5, 5.41) is 6.84. The van der Waals surface area contributed by atoms with Gasteiger partial charge in [0.1, 0.15) is 0 Å². The van der Waals surface area contributed by atoms with Crippen LogP contribution in [0.5, 0.6) is 0 Å². The summed E-state index contributed by atoms with van der Waals surface area (Å²) in [6.07, 6.45) is 1.60. The summed E-state index contributed by atoms with van der Waals surface area (Å²) in [5.74, 6) is 0.0592. The number of rotatable bonds is 6. The molecule has 0 fully saturated rings. The van der Waals surface area contributed by atoms with Crippen molar-refractivity contribution in [1.29, 1.82) is 0 Å². The molecular weight excluding hydrogens is 258 g/mol. The maximum atomic E-state index is 10.8. The molecule has 0 saturated carbocycles. The molecule has 0 rings (SSSR count). The highest BCUT2D eigenvalue weighted by Gasteiger charge is 2.42. The summed E-state index contributed by atoms with van der Waals surface area (Å²) in [4.78, 5) is 35.1. The summed E-state index contributed by atoms with van der Waals surface area (Å²) >= 11 is 0. The van der Waals surface area contributed by atoms with Crippen LogP contribution >= 0.6 is 15.2 Å². The van der Waals surface area contributed by atoms with E-state index in [9.17, 15) is 9.13 Å². The number of aliphatic hydroxyl groups excluding tert-OH is 1.